The molecule has 2 aromatic rings. The molecule has 2 rings (SSSR count). The SMILES string of the molecule is CC(C)Cc1nc2ccc(OCCC(=O)O)cc2s1. The van der Waals surface area contributed by atoms with E-state index in [1.807, 2.05) is 18.2 Å². The maximum atomic E-state index is 10.4. The van der Waals surface area contributed by atoms with Gasteiger partial charge in [-0.15, -0.1) is 11.3 Å². The van der Waals surface area contributed by atoms with E-state index >= 15 is 0 Å². The number of aliphatic carboxylic acids is 1. The zero-order valence-electron chi connectivity index (χ0n) is 11.0. The maximum absolute atomic E-state index is 10.4. The van der Waals surface area contributed by atoms with Gasteiger partial charge in [-0.3, -0.25) is 4.79 Å². The molecule has 0 atom stereocenters. The standard InChI is InChI=1S/C14H17NO3S/c1-9(2)7-13-15-11-4-3-10(8-12(11)19-13)18-6-5-14(16)17/h3-4,8-9H,5-7H2,1-2H3,(H,16,17). The van der Waals surface area contributed by atoms with Crippen LogP contribution in [-0.2, 0) is 11.2 Å². The van der Waals surface area contributed by atoms with Crippen LogP contribution in [-0.4, -0.2) is 22.7 Å². The van der Waals surface area contributed by atoms with E-state index in [2.05, 4.69) is 18.8 Å². The van der Waals surface area contributed by atoms with E-state index in [0.29, 0.717) is 11.7 Å². The van der Waals surface area contributed by atoms with Gasteiger partial charge >= 0.3 is 5.97 Å². The minimum Gasteiger partial charge on any atom is -0.493 e. The van der Waals surface area contributed by atoms with Crippen LogP contribution in [0.1, 0.15) is 25.3 Å². The molecule has 5 heteroatoms. The molecule has 0 saturated heterocycles. The summed E-state index contributed by atoms with van der Waals surface area (Å²) in [6.45, 7) is 4.54. The molecular weight excluding hydrogens is 262 g/mol. The summed E-state index contributed by atoms with van der Waals surface area (Å²) in [6, 6.07) is 5.69. The van der Waals surface area contributed by atoms with Gasteiger partial charge < -0.3 is 9.84 Å². The topological polar surface area (TPSA) is 59.4 Å². The number of carboxylic acid groups (broad SMARTS) is 1. The van der Waals surface area contributed by atoms with Crippen molar-refractivity contribution in [3.63, 3.8) is 0 Å². The largest absolute Gasteiger partial charge is 0.493 e. The lowest BCUT2D eigenvalue weighted by Gasteiger charge is -2.03. The molecule has 1 N–H and O–H groups in total. The highest BCUT2D eigenvalue weighted by Crippen LogP contribution is 2.27. The monoisotopic (exact) mass is 279 g/mol. The molecule has 0 saturated carbocycles. The summed E-state index contributed by atoms with van der Waals surface area (Å²) in [5.41, 5.74) is 0.978. The average Bonchev–Trinajstić information content (AvgIpc) is 2.68. The van der Waals surface area contributed by atoms with Crippen LogP contribution in [0.3, 0.4) is 0 Å². The van der Waals surface area contributed by atoms with E-state index in [0.717, 1.165) is 21.6 Å². The van der Waals surface area contributed by atoms with Gasteiger partial charge in [-0.2, -0.15) is 0 Å². The lowest BCUT2D eigenvalue weighted by Crippen LogP contribution is -2.04. The normalized spacial score (nSPS) is 11.1. The number of ether oxygens (including phenoxy) is 1. The van der Waals surface area contributed by atoms with Crippen LogP contribution in [0, 0.1) is 5.92 Å². The molecule has 0 radical (unpaired) electrons. The van der Waals surface area contributed by atoms with E-state index < -0.39 is 5.97 Å². The Labute approximate surface area is 116 Å². The van der Waals surface area contributed by atoms with Gasteiger partial charge in [0.25, 0.3) is 0 Å². The van der Waals surface area contributed by atoms with Crippen molar-refractivity contribution in [2.24, 2.45) is 5.92 Å². The van der Waals surface area contributed by atoms with E-state index in [1.54, 1.807) is 11.3 Å². The van der Waals surface area contributed by atoms with Crippen LogP contribution in [0.25, 0.3) is 10.2 Å². The quantitative estimate of drug-likeness (QED) is 0.881. The maximum Gasteiger partial charge on any atom is 0.306 e. The third-order valence-corrected chi connectivity index (χ3v) is 3.61. The van der Waals surface area contributed by atoms with E-state index in [4.69, 9.17) is 9.84 Å². The highest BCUT2D eigenvalue weighted by molar-refractivity contribution is 7.18. The molecule has 0 fully saturated rings. The molecule has 4 nitrogen and oxygen atoms in total. The van der Waals surface area contributed by atoms with Gasteiger partial charge in [0.15, 0.2) is 0 Å². The van der Waals surface area contributed by atoms with Gasteiger partial charge in [0, 0.05) is 6.42 Å². The Hall–Kier alpha value is -1.62. The van der Waals surface area contributed by atoms with Crippen LogP contribution < -0.4 is 4.74 Å². The molecule has 1 aromatic heterocycles. The number of carbonyl (C=O) groups is 1. The molecule has 19 heavy (non-hydrogen) atoms. The first-order chi connectivity index (χ1) is 9.04. The second kappa shape index (κ2) is 6.02. The molecule has 0 aliphatic carbocycles. The minimum absolute atomic E-state index is 0.0132. The highest BCUT2D eigenvalue weighted by Gasteiger charge is 2.07. The first kappa shape index (κ1) is 13.8. The number of nitrogens with zero attached hydrogens (tertiary/aromatic N) is 1. The van der Waals surface area contributed by atoms with Gasteiger partial charge in [0.1, 0.15) is 5.75 Å². The van der Waals surface area contributed by atoms with Crippen LogP contribution in [0.2, 0.25) is 0 Å². The van der Waals surface area contributed by atoms with Crippen molar-refractivity contribution in [2.75, 3.05) is 6.61 Å². The molecule has 0 aliphatic heterocycles. The van der Waals surface area contributed by atoms with E-state index in [1.165, 1.54) is 0 Å². The molecular formula is C14H17NO3S. The Morgan fingerprint density at radius 1 is 1.47 bits per heavy atom. The average molecular weight is 279 g/mol. The van der Waals surface area contributed by atoms with E-state index in [9.17, 15) is 4.79 Å². The zero-order chi connectivity index (χ0) is 13.8. The summed E-state index contributed by atoms with van der Waals surface area (Å²) in [5, 5.41) is 9.69. The van der Waals surface area contributed by atoms with Crippen LogP contribution in [0.4, 0.5) is 0 Å². The predicted molar refractivity (Wildman–Crippen MR) is 75.9 cm³/mol. The fourth-order valence-electron chi connectivity index (χ4n) is 1.74. The first-order valence-electron chi connectivity index (χ1n) is 6.28. The van der Waals surface area contributed by atoms with Crippen molar-refractivity contribution in [1.29, 1.82) is 0 Å². The van der Waals surface area contributed by atoms with Gasteiger partial charge in [-0.25, -0.2) is 4.98 Å². The van der Waals surface area contributed by atoms with Crippen LogP contribution >= 0.6 is 11.3 Å². The summed E-state index contributed by atoms with van der Waals surface area (Å²) in [7, 11) is 0. The summed E-state index contributed by atoms with van der Waals surface area (Å²) in [5.74, 6) is 0.443. The Kier molecular flexibility index (Phi) is 4.37. The number of thiazole rings is 1. The Bertz CT molecular complexity index is 577. The Balaban J connectivity index is 2.09. The lowest BCUT2D eigenvalue weighted by molar-refractivity contribution is -0.137. The Morgan fingerprint density at radius 3 is 2.95 bits per heavy atom. The highest BCUT2D eigenvalue weighted by atomic mass is 32.1. The van der Waals surface area contributed by atoms with Gasteiger partial charge in [0.2, 0.25) is 0 Å². The number of aromatic nitrogens is 1. The summed E-state index contributed by atoms with van der Waals surface area (Å²) in [6.07, 6.45) is 0.994. The van der Waals surface area contributed by atoms with Gasteiger partial charge in [0.05, 0.1) is 28.3 Å². The smallest absolute Gasteiger partial charge is 0.306 e. The third-order valence-electron chi connectivity index (χ3n) is 2.57. The van der Waals surface area contributed by atoms with Crippen molar-refractivity contribution in [3.8, 4) is 5.75 Å². The molecule has 1 heterocycles. The zero-order valence-corrected chi connectivity index (χ0v) is 11.9. The third kappa shape index (κ3) is 3.92. The van der Waals surface area contributed by atoms with Gasteiger partial charge in [-0.1, -0.05) is 13.8 Å². The summed E-state index contributed by atoms with van der Waals surface area (Å²) < 4.78 is 6.50. The van der Waals surface area contributed by atoms with Crippen molar-refractivity contribution in [1.82, 2.24) is 4.98 Å². The molecule has 0 amide bonds. The fourth-order valence-corrected chi connectivity index (χ4v) is 2.94. The van der Waals surface area contributed by atoms with Crippen molar-refractivity contribution in [2.45, 2.75) is 26.7 Å². The number of hydrogen-bond donors (Lipinski definition) is 1. The molecule has 102 valence electrons. The molecule has 0 spiro atoms. The van der Waals surface area contributed by atoms with Gasteiger partial charge in [-0.05, 0) is 24.1 Å². The number of fused-ring (bicyclic) bond motifs is 1. The van der Waals surface area contributed by atoms with E-state index in [-0.39, 0.29) is 13.0 Å². The second-order valence-electron chi connectivity index (χ2n) is 4.83. The van der Waals surface area contributed by atoms with Crippen LogP contribution in [0.5, 0.6) is 5.75 Å². The minimum atomic E-state index is -0.849. The molecule has 0 unspecified atom stereocenters. The fraction of sp³-hybridized carbons (Fsp3) is 0.429. The molecule has 0 aliphatic rings. The lowest BCUT2D eigenvalue weighted by atomic mass is 10.1. The number of rotatable bonds is 6. The Morgan fingerprint density at radius 2 is 2.26 bits per heavy atom. The number of carboxylic acids is 1. The van der Waals surface area contributed by atoms with Crippen LogP contribution in [0.15, 0.2) is 18.2 Å². The summed E-state index contributed by atoms with van der Waals surface area (Å²) >= 11 is 1.67. The first-order valence-corrected chi connectivity index (χ1v) is 7.10. The van der Waals surface area contributed by atoms with Crippen molar-refractivity contribution in [3.05, 3.63) is 23.2 Å². The van der Waals surface area contributed by atoms with Crippen molar-refractivity contribution < 1.29 is 14.6 Å². The predicted octanol–water partition coefficient (Wildman–Crippen LogP) is 3.35. The van der Waals surface area contributed by atoms with Crippen molar-refractivity contribution >= 4 is 27.5 Å². The number of benzene rings is 1. The second-order valence-corrected chi connectivity index (χ2v) is 5.94. The summed E-state index contributed by atoms with van der Waals surface area (Å²) in [4.78, 5) is 15.0. The molecule has 1 aromatic carbocycles. The molecule has 0 bridgehead atoms. The number of hydrogen-bond acceptors (Lipinski definition) is 4.